The number of aliphatic carboxylic acids is 1. The normalized spacial score (nSPS) is 11.9. The summed E-state index contributed by atoms with van der Waals surface area (Å²) < 4.78 is 10.2. The van der Waals surface area contributed by atoms with Gasteiger partial charge in [-0.1, -0.05) is 6.07 Å². The highest BCUT2D eigenvalue weighted by molar-refractivity contribution is 5.72. The maximum absolute atomic E-state index is 10.6. The first kappa shape index (κ1) is 12.3. The Bertz CT molecular complexity index is 375. The molecule has 0 bridgehead atoms. The van der Waals surface area contributed by atoms with Crippen LogP contribution in [0.4, 0.5) is 0 Å². The van der Waals surface area contributed by atoms with Gasteiger partial charge in [-0.05, 0) is 24.6 Å². The molecule has 0 radical (unpaired) electrons. The molecule has 0 aliphatic carbocycles. The van der Waals surface area contributed by atoms with Crippen molar-refractivity contribution in [2.24, 2.45) is 0 Å². The minimum Gasteiger partial charge on any atom is -0.493 e. The molecular formula is C11H14O5. The van der Waals surface area contributed by atoms with Crippen LogP contribution in [0, 0.1) is 0 Å². The number of rotatable bonds is 5. The van der Waals surface area contributed by atoms with Gasteiger partial charge in [0.15, 0.2) is 17.6 Å². The molecule has 1 unspecified atom stereocenters. The van der Waals surface area contributed by atoms with Crippen molar-refractivity contribution in [2.75, 3.05) is 7.11 Å². The summed E-state index contributed by atoms with van der Waals surface area (Å²) in [6, 6.07) is 4.85. The van der Waals surface area contributed by atoms with Gasteiger partial charge in [0.05, 0.1) is 13.7 Å². The van der Waals surface area contributed by atoms with E-state index in [1.54, 1.807) is 18.2 Å². The van der Waals surface area contributed by atoms with Crippen molar-refractivity contribution in [3.8, 4) is 11.5 Å². The summed E-state index contributed by atoms with van der Waals surface area (Å²) in [7, 11) is 1.46. The topological polar surface area (TPSA) is 76.0 Å². The van der Waals surface area contributed by atoms with E-state index in [1.165, 1.54) is 14.0 Å². The number of carbonyl (C=O) groups is 1. The molecule has 0 heterocycles. The Hall–Kier alpha value is -1.75. The zero-order valence-corrected chi connectivity index (χ0v) is 9.14. The SMILES string of the molecule is COc1ccc(CO)cc1OC(C)C(=O)O. The van der Waals surface area contributed by atoms with Gasteiger partial charge in [-0.2, -0.15) is 0 Å². The highest BCUT2D eigenvalue weighted by Gasteiger charge is 2.15. The monoisotopic (exact) mass is 226 g/mol. The number of benzene rings is 1. The third kappa shape index (κ3) is 2.87. The number of methoxy groups -OCH3 is 1. The Morgan fingerprint density at radius 3 is 2.62 bits per heavy atom. The first-order valence-corrected chi connectivity index (χ1v) is 4.75. The Morgan fingerprint density at radius 2 is 2.12 bits per heavy atom. The van der Waals surface area contributed by atoms with E-state index in [4.69, 9.17) is 19.7 Å². The summed E-state index contributed by atoms with van der Waals surface area (Å²) in [6.07, 6.45) is -0.970. The summed E-state index contributed by atoms with van der Waals surface area (Å²) in [5.74, 6) is -0.314. The average Bonchev–Trinajstić information content (AvgIpc) is 2.28. The van der Waals surface area contributed by atoms with E-state index in [1.807, 2.05) is 0 Å². The number of carboxylic acids is 1. The highest BCUT2D eigenvalue weighted by Crippen LogP contribution is 2.28. The number of carboxylic acid groups (broad SMARTS) is 1. The van der Waals surface area contributed by atoms with Crippen LogP contribution in [0.5, 0.6) is 11.5 Å². The lowest BCUT2D eigenvalue weighted by Gasteiger charge is -2.14. The van der Waals surface area contributed by atoms with Gasteiger partial charge >= 0.3 is 5.97 Å². The highest BCUT2D eigenvalue weighted by atomic mass is 16.5. The van der Waals surface area contributed by atoms with Gasteiger partial charge in [-0.3, -0.25) is 0 Å². The molecule has 0 fully saturated rings. The van der Waals surface area contributed by atoms with Gasteiger partial charge in [0.1, 0.15) is 0 Å². The lowest BCUT2D eigenvalue weighted by Crippen LogP contribution is -2.23. The van der Waals surface area contributed by atoms with Crippen LogP contribution in [0.2, 0.25) is 0 Å². The van der Waals surface area contributed by atoms with Gasteiger partial charge in [0.2, 0.25) is 0 Å². The summed E-state index contributed by atoms with van der Waals surface area (Å²) in [4.78, 5) is 10.6. The molecule has 1 aromatic carbocycles. The molecule has 0 aliphatic rings. The van der Waals surface area contributed by atoms with Crippen LogP contribution in [0.3, 0.4) is 0 Å². The molecule has 1 rings (SSSR count). The average molecular weight is 226 g/mol. The van der Waals surface area contributed by atoms with Crippen molar-refractivity contribution in [1.82, 2.24) is 0 Å². The minimum atomic E-state index is -1.06. The summed E-state index contributed by atoms with van der Waals surface area (Å²) >= 11 is 0. The largest absolute Gasteiger partial charge is 0.493 e. The number of ether oxygens (including phenoxy) is 2. The molecule has 88 valence electrons. The number of hydrogen-bond acceptors (Lipinski definition) is 4. The van der Waals surface area contributed by atoms with Crippen LogP contribution < -0.4 is 9.47 Å². The first-order chi connectivity index (χ1) is 7.58. The summed E-state index contributed by atoms with van der Waals surface area (Å²) in [5, 5.41) is 17.7. The van der Waals surface area contributed by atoms with Crippen LogP contribution in [-0.4, -0.2) is 29.4 Å². The number of aliphatic hydroxyl groups is 1. The van der Waals surface area contributed by atoms with Crippen LogP contribution in [0.25, 0.3) is 0 Å². The summed E-state index contributed by atoms with van der Waals surface area (Å²) in [5.41, 5.74) is 0.633. The zero-order valence-electron chi connectivity index (χ0n) is 9.14. The molecule has 2 N–H and O–H groups in total. The zero-order chi connectivity index (χ0) is 12.1. The van der Waals surface area contributed by atoms with Crippen molar-refractivity contribution in [2.45, 2.75) is 19.6 Å². The van der Waals surface area contributed by atoms with E-state index < -0.39 is 12.1 Å². The van der Waals surface area contributed by atoms with Crippen LogP contribution >= 0.6 is 0 Å². The molecule has 0 aromatic heterocycles. The molecular weight excluding hydrogens is 212 g/mol. The maximum atomic E-state index is 10.6. The second kappa shape index (κ2) is 5.37. The van der Waals surface area contributed by atoms with Gasteiger partial charge in [-0.15, -0.1) is 0 Å². The van der Waals surface area contributed by atoms with Crippen LogP contribution in [0.1, 0.15) is 12.5 Å². The number of hydrogen-bond donors (Lipinski definition) is 2. The Kier molecular flexibility index (Phi) is 4.13. The fourth-order valence-corrected chi connectivity index (χ4v) is 1.15. The van der Waals surface area contributed by atoms with Gasteiger partial charge in [0.25, 0.3) is 0 Å². The molecule has 1 atom stereocenters. The molecule has 0 saturated carbocycles. The van der Waals surface area contributed by atoms with Crippen molar-refractivity contribution < 1.29 is 24.5 Å². The molecule has 5 nitrogen and oxygen atoms in total. The van der Waals surface area contributed by atoms with E-state index in [0.29, 0.717) is 17.1 Å². The van der Waals surface area contributed by atoms with E-state index >= 15 is 0 Å². The predicted octanol–water partition coefficient (Wildman–Crippen LogP) is 1.04. The third-order valence-corrected chi connectivity index (χ3v) is 2.06. The van der Waals surface area contributed by atoms with Crippen molar-refractivity contribution in [1.29, 1.82) is 0 Å². The molecule has 16 heavy (non-hydrogen) atoms. The maximum Gasteiger partial charge on any atom is 0.344 e. The lowest BCUT2D eigenvalue weighted by atomic mass is 10.2. The molecule has 0 aliphatic heterocycles. The first-order valence-electron chi connectivity index (χ1n) is 4.75. The van der Waals surface area contributed by atoms with E-state index in [-0.39, 0.29) is 6.61 Å². The van der Waals surface area contributed by atoms with Crippen LogP contribution in [0.15, 0.2) is 18.2 Å². The Morgan fingerprint density at radius 1 is 1.44 bits per heavy atom. The van der Waals surface area contributed by atoms with Crippen molar-refractivity contribution >= 4 is 5.97 Å². The van der Waals surface area contributed by atoms with Crippen LogP contribution in [-0.2, 0) is 11.4 Å². The van der Waals surface area contributed by atoms with E-state index in [2.05, 4.69) is 0 Å². The Labute approximate surface area is 93.2 Å². The molecule has 0 amide bonds. The van der Waals surface area contributed by atoms with Crippen molar-refractivity contribution in [3.63, 3.8) is 0 Å². The van der Waals surface area contributed by atoms with E-state index in [9.17, 15) is 4.79 Å². The molecule has 0 spiro atoms. The van der Waals surface area contributed by atoms with Gasteiger partial charge in [0, 0.05) is 0 Å². The van der Waals surface area contributed by atoms with Gasteiger partial charge in [-0.25, -0.2) is 4.79 Å². The van der Waals surface area contributed by atoms with Gasteiger partial charge < -0.3 is 19.7 Å². The second-order valence-electron chi connectivity index (χ2n) is 3.24. The predicted molar refractivity (Wildman–Crippen MR) is 56.6 cm³/mol. The van der Waals surface area contributed by atoms with E-state index in [0.717, 1.165) is 0 Å². The lowest BCUT2D eigenvalue weighted by molar-refractivity contribution is -0.144. The Balaban J connectivity index is 2.95. The fourth-order valence-electron chi connectivity index (χ4n) is 1.15. The fraction of sp³-hybridized carbons (Fsp3) is 0.364. The minimum absolute atomic E-state index is 0.137. The third-order valence-electron chi connectivity index (χ3n) is 2.06. The molecule has 5 heteroatoms. The quantitative estimate of drug-likeness (QED) is 0.784. The second-order valence-corrected chi connectivity index (χ2v) is 3.24. The molecule has 0 saturated heterocycles. The summed E-state index contributed by atoms with van der Waals surface area (Å²) in [6.45, 7) is 1.29. The smallest absolute Gasteiger partial charge is 0.344 e. The molecule has 1 aromatic rings. The number of aliphatic hydroxyl groups excluding tert-OH is 1. The standard InChI is InChI=1S/C11H14O5/c1-7(11(13)14)16-10-5-8(6-12)3-4-9(10)15-2/h3-5,7,12H,6H2,1-2H3,(H,13,14). The van der Waals surface area contributed by atoms with Crippen molar-refractivity contribution in [3.05, 3.63) is 23.8 Å².